The molecular formula is C16H27ClN2O3. The van der Waals surface area contributed by atoms with Crippen LogP contribution in [-0.2, 0) is 9.53 Å². The summed E-state index contributed by atoms with van der Waals surface area (Å²) >= 11 is 5.78. The first-order chi connectivity index (χ1) is 10.3. The van der Waals surface area contributed by atoms with Gasteiger partial charge in [0.2, 0.25) is 5.91 Å². The molecule has 0 unspecified atom stereocenters. The molecule has 2 amide bonds. The van der Waals surface area contributed by atoms with Crippen molar-refractivity contribution in [3.8, 4) is 0 Å². The Bertz CT molecular complexity index is 418. The summed E-state index contributed by atoms with van der Waals surface area (Å²) < 4.78 is 5.35. The summed E-state index contributed by atoms with van der Waals surface area (Å²) in [6.45, 7) is 5.54. The predicted molar refractivity (Wildman–Crippen MR) is 86.0 cm³/mol. The van der Waals surface area contributed by atoms with Crippen molar-refractivity contribution in [2.75, 3.05) is 5.88 Å². The predicted octanol–water partition coefficient (Wildman–Crippen LogP) is 3.05. The minimum absolute atomic E-state index is 0.00611. The molecular weight excluding hydrogens is 304 g/mol. The Morgan fingerprint density at radius 2 is 1.82 bits per heavy atom. The highest BCUT2D eigenvalue weighted by Crippen LogP contribution is 2.34. The number of rotatable bonds is 4. The first-order valence-corrected chi connectivity index (χ1v) is 8.72. The molecule has 0 aromatic heterocycles. The highest BCUT2D eigenvalue weighted by molar-refractivity contribution is 6.27. The summed E-state index contributed by atoms with van der Waals surface area (Å²) in [4.78, 5) is 26.2. The molecule has 0 aromatic carbocycles. The molecule has 22 heavy (non-hydrogen) atoms. The Balaban J connectivity index is 2.03. The standard InChI is InChI=1S/C16H27ClN2O3/c1-16(2,3)22-15(21)18-12-6-4-5-7-13(12)19(11-8-9-11)14(20)10-17/h11-13H,4-10H2,1-3H3,(H,18,21)/t12-,13+/m0/s1. The number of hydrogen-bond acceptors (Lipinski definition) is 3. The van der Waals surface area contributed by atoms with E-state index in [0.717, 1.165) is 38.5 Å². The van der Waals surface area contributed by atoms with E-state index in [4.69, 9.17) is 16.3 Å². The van der Waals surface area contributed by atoms with Crippen LogP contribution in [0.1, 0.15) is 59.3 Å². The maximum absolute atomic E-state index is 12.2. The Kier molecular flexibility index (Phi) is 5.59. The zero-order chi connectivity index (χ0) is 16.3. The number of alkyl halides is 1. The molecule has 126 valence electrons. The molecule has 2 rings (SSSR count). The average Bonchev–Trinajstić information content (AvgIpc) is 3.23. The maximum Gasteiger partial charge on any atom is 0.407 e. The van der Waals surface area contributed by atoms with Gasteiger partial charge in [-0.3, -0.25) is 4.79 Å². The van der Waals surface area contributed by atoms with Crippen LogP contribution in [0.5, 0.6) is 0 Å². The van der Waals surface area contributed by atoms with Crippen LogP contribution in [0.2, 0.25) is 0 Å². The normalized spacial score (nSPS) is 25.5. The molecule has 5 nitrogen and oxygen atoms in total. The van der Waals surface area contributed by atoms with Crippen molar-refractivity contribution in [3.05, 3.63) is 0 Å². The molecule has 0 heterocycles. The lowest BCUT2D eigenvalue weighted by Crippen LogP contribution is -2.56. The number of halogens is 1. The van der Waals surface area contributed by atoms with Crippen molar-refractivity contribution in [1.82, 2.24) is 10.2 Å². The maximum atomic E-state index is 12.2. The second-order valence-electron chi connectivity index (χ2n) is 7.27. The first-order valence-electron chi connectivity index (χ1n) is 8.18. The zero-order valence-electron chi connectivity index (χ0n) is 13.7. The number of amides is 2. The summed E-state index contributed by atoms with van der Waals surface area (Å²) in [6, 6.07) is 0.300. The van der Waals surface area contributed by atoms with E-state index in [1.54, 1.807) is 0 Å². The lowest BCUT2D eigenvalue weighted by molar-refractivity contribution is -0.132. The van der Waals surface area contributed by atoms with E-state index in [1.807, 2.05) is 25.7 Å². The number of carbonyl (C=O) groups excluding carboxylic acids is 2. The number of hydrogen-bond donors (Lipinski definition) is 1. The number of ether oxygens (including phenoxy) is 1. The van der Waals surface area contributed by atoms with Gasteiger partial charge in [-0.25, -0.2) is 4.79 Å². The quantitative estimate of drug-likeness (QED) is 0.806. The van der Waals surface area contributed by atoms with Crippen molar-refractivity contribution in [3.63, 3.8) is 0 Å². The van der Waals surface area contributed by atoms with Crippen molar-refractivity contribution in [2.24, 2.45) is 0 Å². The lowest BCUT2D eigenvalue weighted by atomic mass is 9.89. The van der Waals surface area contributed by atoms with Crippen molar-refractivity contribution in [2.45, 2.75) is 83.0 Å². The van der Waals surface area contributed by atoms with Gasteiger partial charge < -0.3 is 15.0 Å². The van der Waals surface area contributed by atoms with Gasteiger partial charge >= 0.3 is 6.09 Å². The number of nitrogens with zero attached hydrogens (tertiary/aromatic N) is 1. The zero-order valence-corrected chi connectivity index (χ0v) is 14.5. The monoisotopic (exact) mass is 330 g/mol. The molecule has 0 saturated heterocycles. The average molecular weight is 331 g/mol. The molecule has 0 spiro atoms. The minimum Gasteiger partial charge on any atom is -0.444 e. The topological polar surface area (TPSA) is 58.6 Å². The van der Waals surface area contributed by atoms with Gasteiger partial charge in [-0.1, -0.05) is 12.8 Å². The van der Waals surface area contributed by atoms with Crippen LogP contribution in [0.4, 0.5) is 4.79 Å². The Morgan fingerprint density at radius 3 is 2.36 bits per heavy atom. The third-order valence-corrected chi connectivity index (χ3v) is 4.36. The molecule has 2 fully saturated rings. The summed E-state index contributed by atoms with van der Waals surface area (Å²) in [5.74, 6) is -0.0151. The summed E-state index contributed by atoms with van der Waals surface area (Å²) in [5.41, 5.74) is -0.517. The van der Waals surface area contributed by atoms with Crippen LogP contribution in [0.3, 0.4) is 0 Å². The van der Waals surface area contributed by atoms with E-state index in [1.165, 1.54) is 0 Å². The second kappa shape index (κ2) is 7.07. The first kappa shape index (κ1) is 17.4. The molecule has 2 atom stereocenters. The van der Waals surface area contributed by atoms with Gasteiger partial charge in [0.15, 0.2) is 0 Å². The van der Waals surface area contributed by atoms with Crippen LogP contribution in [-0.4, -0.2) is 46.5 Å². The highest BCUT2D eigenvalue weighted by atomic mass is 35.5. The largest absolute Gasteiger partial charge is 0.444 e. The van der Waals surface area contributed by atoms with Gasteiger partial charge in [0.25, 0.3) is 0 Å². The lowest BCUT2D eigenvalue weighted by Gasteiger charge is -2.40. The van der Waals surface area contributed by atoms with E-state index in [9.17, 15) is 9.59 Å². The molecule has 0 aromatic rings. The van der Waals surface area contributed by atoms with E-state index in [0.29, 0.717) is 6.04 Å². The number of alkyl carbamates (subject to hydrolysis) is 1. The minimum atomic E-state index is -0.517. The second-order valence-corrected chi connectivity index (χ2v) is 7.54. The van der Waals surface area contributed by atoms with Gasteiger partial charge in [0.05, 0.1) is 12.1 Å². The van der Waals surface area contributed by atoms with Crippen LogP contribution in [0, 0.1) is 0 Å². The summed E-state index contributed by atoms with van der Waals surface area (Å²) in [6.07, 6.45) is 5.61. The van der Waals surface area contributed by atoms with Crippen molar-refractivity contribution < 1.29 is 14.3 Å². The number of carbonyl (C=O) groups is 2. The van der Waals surface area contributed by atoms with Crippen LogP contribution < -0.4 is 5.32 Å². The smallest absolute Gasteiger partial charge is 0.407 e. The van der Waals surface area contributed by atoms with Crippen LogP contribution in [0.15, 0.2) is 0 Å². The molecule has 2 aliphatic carbocycles. The molecule has 0 bridgehead atoms. The fourth-order valence-corrected chi connectivity index (χ4v) is 3.29. The third kappa shape index (κ3) is 4.77. The van der Waals surface area contributed by atoms with Crippen LogP contribution in [0.25, 0.3) is 0 Å². The molecule has 2 aliphatic rings. The Hall–Kier alpha value is -0.970. The van der Waals surface area contributed by atoms with E-state index >= 15 is 0 Å². The third-order valence-electron chi connectivity index (χ3n) is 4.13. The van der Waals surface area contributed by atoms with Gasteiger partial charge in [0, 0.05) is 6.04 Å². The van der Waals surface area contributed by atoms with Gasteiger partial charge in [0.1, 0.15) is 11.5 Å². The molecule has 6 heteroatoms. The summed E-state index contributed by atoms with van der Waals surface area (Å²) in [7, 11) is 0. The fourth-order valence-electron chi connectivity index (χ4n) is 3.15. The SMILES string of the molecule is CC(C)(C)OC(=O)N[C@H]1CCCC[C@H]1N(C(=O)CCl)C1CC1. The van der Waals surface area contributed by atoms with Crippen LogP contribution >= 0.6 is 11.6 Å². The summed E-state index contributed by atoms with van der Waals surface area (Å²) in [5, 5.41) is 2.97. The van der Waals surface area contributed by atoms with E-state index in [-0.39, 0.29) is 23.9 Å². The highest BCUT2D eigenvalue weighted by Gasteiger charge is 2.41. The van der Waals surface area contributed by atoms with Crippen molar-refractivity contribution in [1.29, 1.82) is 0 Å². The molecule has 0 aliphatic heterocycles. The van der Waals surface area contributed by atoms with Gasteiger partial charge in [-0.2, -0.15) is 0 Å². The molecule has 2 saturated carbocycles. The van der Waals surface area contributed by atoms with Gasteiger partial charge in [-0.15, -0.1) is 11.6 Å². The Labute approximate surface area is 137 Å². The number of nitrogens with one attached hydrogen (secondary N) is 1. The molecule has 1 N–H and O–H groups in total. The molecule has 0 radical (unpaired) electrons. The van der Waals surface area contributed by atoms with E-state index in [2.05, 4.69) is 5.32 Å². The van der Waals surface area contributed by atoms with Crippen molar-refractivity contribution >= 4 is 23.6 Å². The van der Waals surface area contributed by atoms with Gasteiger partial charge in [-0.05, 0) is 46.5 Å². The fraction of sp³-hybridized carbons (Fsp3) is 0.875. The Morgan fingerprint density at radius 1 is 1.18 bits per heavy atom. The van der Waals surface area contributed by atoms with E-state index < -0.39 is 11.7 Å².